The van der Waals surface area contributed by atoms with Crippen LogP contribution in [0.4, 0.5) is 11.4 Å². The van der Waals surface area contributed by atoms with Gasteiger partial charge in [-0.3, -0.25) is 4.79 Å². The maximum atomic E-state index is 11.9. The third-order valence-corrected chi connectivity index (χ3v) is 3.82. The quantitative estimate of drug-likeness (QED) is 0.793. The maximum Gasteiger partial charge on any atom is 0.242 e. The minimum Gasteiger partial charge on any atom is -0.398 e. The molecule has 6 heteroatoms. The molecule has 1 heterocycles. The van der Waals surface area contributed by atoms with E-state index in [0.717, 1.165) is 29.5 Å². The molecule has 1 aromatic rings. The smallest absolute Gasteiger partial charge is 0.242 e. The van der Waals surface area contributed by atoms with Gasteiger partial charge in [0.1, 0.15) is 5.75 Å². The molecule has 0 bridgehead atoms. The third-order valence-electron chi connectivity index (χ3n) is 3.05. The van der Waals surface area contributed by atoms with Gasteiger partial charge in [0.05, 0.1) is 0 Å². The Morgan fingerprint density at radius 1 is 1.44 bits per heavy atom. The lowest BCUT2D eigenvalue weighted by Crippen LogP contribution is -2.34. The summed E-state index contributed by atoms with van der Waals surface area (Å²) in [5.41, 5.74) is 9.21. The monoisotopic (exact) mass is 268 g/mol. The van der Waals surface area contributed by atoms with E-state index >= 15 is 0 Å². The molecule has 2 N–H and O–H groups in total. The molecule has 0 spiro atoms. The van der Waals surface area contributed by atoms with Gasteiger partial charge in [0.15, 0.2) is 9.84 Å². The predicted octanol–water partition coefficient (Wildman–Crippen LogP) is 0.511. The standard InChI is InChI=1S/C12H16N2O3S/c1-8-5-9-3-4-14(11(9)6-10(8)13)12(15)7-18(2,16)17/h5-6H,3-4,7,13H2,1-2H3. The van der Waals surface area contributed by atoms with Gasteiger partial charge in [-0.05, 0) is 30.5 Å². The number of amides is 1. The lowest BCUT2D eigenvalue weighted by Gasteiger charge is -2.17. The Kier molecular flexibility index (Phi) is 3.06. The molecule has 1 aliphatic heterocycles. The first-order valence-electron chi connectivity index (χ1n) is 5.65. The molecule has 5 nitrogen and oxygen atoms in total. The first-order chi connectivity index (χ1) is 8.28. The number of benzene rings is 1. The minimum absolute atomic E-state index is 0.389. The molecular weight excluding hydrogens is 252 g/mol. The van der Waals surface area contributed by atoms with Crippen LogP contribution in [0.1, 0.15) is 11.1 Å². The van der Waals surface area contributed by atoms with Gasteiger partial charge in [-0.15, -0.1) is 0 Å². The van der Waals surface area contributed by atoms with Crippen molar-refractivity contribution in [2.45, 2.75) is 13.3 Å². The van der Waals surface area contributed by atoms with Crippen LogP contribution < -0.4 is 10.6 Å². The van der Waals surface area contributed by atoms with E-state index in [1.54, 1.807) is 6.07 Å². The van der Waals surface area contributed by atoms with Crippen molar-refractivity contribution >= 4 is 27.1 Å². The maximum absolute atomic E-state index is 11.9. The summed E-state index contributed by atoms with van der Waals surface area (Å²) in [6.45, 7) is 2.43. The van der Waals surface area contributed by atoms with Crippen LogP contribution in [0.3, 0.4) is 0 Å². The molecule has 2 rings (SSSR count). The van der Waals surface area contributed by atoms with Crippen molar-refractivity contribution < 1.29 is 13.2 Å². The fourth-order valence-corrected chi connectivity index (χ4v) is 2.74. The topological polar surface area (TPSA) is 80.5 Å². The molecule has 0 unspecified atom stereocenters. The highest BCUT2D eigenvalue weighted by Crippen LogP contribution is 2.32. The molecule has 0 atom stereocenters. The molecule has 0 aliphatic carbocycles. The molecule has 0 radical (unpaired) electrons. The minimum atomic E-state index is -3.30. The normalized spacial score (nSPS) is 14.7. The molecule has 18 heavy (non-hydrogen) atoms. The summed E-state index contributed by atoms with van der Waals surface area (Å²) in [6.07, 6.45) is 1.80. The van der Waals surface area contributed by atoms with Crippen molar-refractivity contribution in [2.75, 3.05) is 29.2 Å². The Bertz CT molecular complexity index is 608. The molecular formula is C12H16N2O3S. The van der Waals surface area contributed by atoms with Crippen LogP contribution in [0.5, 0.6) is 0 Å². The molecule has 1 amide bonds. The number of rotatable bonds is 2. The van der Waals surface area contributed by atoms with Crippen LogP contribution in [0.2, 0.25) is 0 Å². The number of carbonyl (C=O) groups excluding carboxylic acids is 1. The highest BCUT2D eigenvalue weighted by molar-refractivity contribution is 7.91. The number of fused-ring (bicyclic) bond motifs is 1. The molecule has 0 fully saturated rings. The van der Waals surface area contributed by atoms with E-state index < -0.39 is 15.6 Å². The van der Waals surface area contributed by atoms with Crippen LogP contribution in [-0.2, 0) is 21.1 Å². The third kappa shape index (κ3) is 2.48. The second kappa shape index (κ2) is 4.28. The Labute approximate surface area is 107 Å². The van der Waals surface area contributed by atoms with Crippen LogP contribution in [0.15, 0.2) is 12.1 Å². The van der Waals surface area contributed by atoms with Gasteiger partial charge >= 0.3 is 0 Å². The highest BCUT2D eigenvalue weighted by atomic mass is 32.2. The number of aryl methyl sites for hydroxylation is 1. The van der Waals surface area contributed by atoms with Crippen molar-refractivity contribution in [3.05, 3.63) is 23.3 Å². The van der Waals surface area contributed by atoms with Gasteiger partial charge in [-0.25, -0.2) is 8.42 Å². The molecule has 1 aliphatic rings. The van der Waals surface area contributed by atoms with E-state index in [-0.39, 0.29) is 5.91 Å². The number of anilines is 2. The summed E-state index contributed by atoms with van der Waals surface area (Å²) in [7, 11) is -3.30. The Morgan fingerprint density at radius 3 is 2.72 bits per heavy atom. The largest absolute Gasteiger partial charge is 0.398 e. The number of hydrogen-bond acceptors (Lipinski definition) is 4. The lowest BCUT2D eigenvalue weighted by molar-refractivity contribution is -0.116. The number of sulfone groups is 1. The molecule has 0 aromatic heterocycles. The Morgan fingerprint density at radius 2 is 2.11 bits per heavy atom. The number of nitrogens with zero attached hydrogens (tertiary/aromatic N) is 1. The summed E-state index contributed by atoms with van der Waals surface area (Å²) in [5, 5.41) is 0. The molecule has 1 aromatic carbocycles. The second-order valence-corrected chi connectivity index (χ2v) is 6.84. The van der Waals surface area contributed by atoms with Crippen molar-refractivity contribution in [3.63, 3.8) is 0 Å². The second-order valence-electron chi connectivity index (χ2n) is 4.70. The fourth-order valence-electron chi connectivity index (χ4n) is 2.14. The first kappa shape index (κ1) is 12.9. The first-order valence-corrected chi connectivity index (χ1v) is 7.71. The van der Waals surface area contributed by atoms with Gasteiger partial charge in [0.25, 0.3) is 0 Å². The van der Waals surface area contributed by atoms with Gasteiger partial charge in [0.2, 0.25) is 5.91 Å². The molecule has 98 valence electrons. The van der Waals surface area contributed by atoms with Crippen molar-refractivity contribution in [1.29, 1.82) is 0 Å². The summed E-state index contributed by atoms with van der Waals surface area (Å²) in [4.78, 5) is 13.4. The SMILES string of the molecule is Cc1cc2c(cc1N)N(C(=O)CS(C)(=O)=O)CC2. The van der Waals surface area contributed by atoms with E-state index in [4.69, 9.17) is 5.73 Å². The van der Waals surface area contributed by atoms with Crippen molar-refractivity contribution in [3.8, 4) is 0 Å². The van der Waals surface area contributed by atoms with Gasteiger partial charge < -0.3 is 10.6 Å². The van der Waals surface area contributed by atoms with Crippen molar-refractivity contribution in [2.24, 2.45) is 0 Å². The van der Waals surface area contributed by atoms with Crippen LogP contribution in [0, 0.1) is 6.92 Å². The number of nitrogen functional groups attached to an aromatic ring is 1. The number of carbonyl (C=O) groups is 1. The van der Waals surface area contributed by atoms with E-state index in [0.29, 0.717) is 12.2 Å². The zero-order valence-corrected chi connectivity index (χ0v) is 11.3. The lowest BCUT2D eigenvalue weighted by atomic mass is 10.1. The summed E-state index contributed by atoms with van der Waals surface area (Å²) in [6, 6.07) is 3.70. The average molecular weight is 268 g/mol. The van der Waals surface area contributed by atoms with Crippen molar-refractivity contribution in [1.82, 2.24) is 0 Å². The predicted molar refractivity (Wildman–Crippen MR) is 71.4 cm³/mol. The van der Waals surface area contributed by atoms with E-state index in [1.807, 2.05) is 13.0 Å². The molecule has 0 saturated heterocycles. The number of nitrogens with two attached hydrogens (primary N) is 1. The fraction of sp³-hybridized carbons (Fsp3) is 0.417. The van der Waals surface area contributed by atoms with E-state index in [2.05, 4.69) is 0 Å². The average Bonchev–Trinajstić information content (AvgIpc) is 2.59. The summed E-state index contributed by atoms with van der Waals surface area (Å²) < 4.78 is 22.3. The van der Waals surface area contributed by atoms with Crippen LogP contribution in [-0.4, -0.2) is 32.9 Å². The van der Waals surface area contributed by atoms with Gasteiger partial charge in [0, 0.05) is 24.2 Å². The summed E-state index contributed by atoms with van der Waals surface area (Å²) in [5.74, 6) is -0.847. The zero-order chi connectivity index (χ0) is 13.5. The van der Waals surface area contributed by atoms with E-state index in [9.17, 15) is 13.2 Å². The number of hydrogen-bond donors (Lipinski definition) is 1. The van der Waals surface area contributed by atoms with Crippen LogP contribution >= 0.6 is 0 Å². The van der Waals surface area contributed by atoms with Gasteiger partial charge in [-0.2, -0.15) is 0 Å². The van der Waals surface area contributed by atoms with Crippen LogP contribution in [0.25, 0.3) is 0 Å². The summed E-state index contributed by atoms with van der Waals surface area (Å²) >= 11 is 0. The Balaban J connectivity index is 2.32. The highest BCUT2D eigenvalue weighted by Gasteiger charge is 2.27. The molecule has 0 saturated carbocycles. The van der Waals surface area contributed by atoms with E-state index in [1.165, 1.54) is 4.90 Å². The zero-order valence-electron chi connectivity index (χ0n) is 10.4. The van der Waals surface area contributed by atoms with Gasteiger partial charge in [-0.1, -0.05) is 6.07 Å². The Hall–Kier alpha value is -1.56.